The van der Waals surface area contributed by atoms with E-state index in [4.69, 9.17) is 14.2 Å². The average Bonchev–Trinajstić information content (AvgIpc) is 3.10. The van der Waals surface area contributed by atoms with Crippen LogP contribution in [0.1, 0.15) is 5.56 Å². The van der Waals surface area contributed by atoms with Gasteiger partial charge in [-0.2, -0.15) is 0 Å². The Morgan fingerprint density at radius 1 is 1.26 bits per heavy atom. The van der Waals surface area contributed by atoms with Crippen LogP contribution in [0.2, 0.25) is 0 Å². The van der Waals surface area contributed by atoms with Crippen LogP contribution in [-0.2, 0) is 25.6 Å². The number of fused-ring (bicyclic) bond motifs is 5. The maximum absolute atomic E-state index is 11.6. The summed E-state index contributed by atoms with van der Waals surface area (Å²) >= 11 is 0. The Labute approximate surface area is 111 Å². The molecule has 0 spiro atoms. The van der Waals surface area contributed by atoms with Gasteiger partial charge in [-0.15, -0.1) is 0 Å². The van der Waals surface area contributed by atoms with Crippen LogP contribution < -0.4 is 0 Å². The highest BCUT2D eigenvalue weighted by atomic mass is 16.6. The molecular weight excluding hydrogens is 244 g/mol. The van der Waals surface area contributed by atoms with E-state index in [-0.39, 0.29) is 30.0 Å². The van der Waals surface area contributed by atoms with E-state index in [1.165, 1.54) is 0 Å². The van der Waals surface area contributed by atoms with Crippen molar-refractivity contribution in [1.29, 1.82) is 0 Å². The quantitative estimate of drug-likeness (QED) is 0.773. The number of rotatable bonds is 3. The molecule has 2 saturated heterocycles. The van der Waals surface area contributed by atoms with E-state index in [2.05, 4.69) is 0 Å². The Hall–Kier alpha value is -1.81. The van der Waals surface area contributed by atoms with Crippen molar-refractivity contribution in [1.82, 2.24) is 0 Å². The Balaban J connectivity index is 1.47. The van der Waals surface area contributed by atoms with Gasteiger partial charge >= 0.3 is 5.97 Å². The van der Waals surface area contributed by atoms with Crippen LogP contribution in [0.15, 0.2) is 42.2 Å². The first kappa shape index (κ1) is 11.1. The summed E-state index contributed by atoms with van der Waals surface area (Å²) in [6.45, 7) is 0.988. The molecule has 0 amide bonds. The van der Waals surface area contributed by atoms with Crippen LogP contribution in [0.4, 0.5) is 0 Å². The van der Waals surface area contributed by atoms with Gasteiger partial charge in [-0.3, -0.25) is 4.79 Å². The smallest absolute Gasteiger partial charge is 0.312 e. The second kappa shape index (κ2) is 4.10. The van der Waals surface area contributed by atoms with Gasteiger partial charge in [0.15, 0.2) is 0 Å². The van der Waals surface area contributed by atoms with E-state index in [9.17, 15) is 4.79 Å². The fraction of sp³-hybridized carbons (Fsp3) is 0.400. The molecule has 4 atom stereocenters. The molecule has 4 heteroatoms. The molecule has 0 aromatic heterocycles. The molecule has 2 bridgehead atoms. The number of cyclic esters (lactones) is 1. The molecule has 2 fully saturated rings. The van der Waals surface area contributed by atoms with Gasteiger partial charge in [0, 0.05) is 5.92 Å². The second-order valence-corrected chi connectivity index (χ2v) is 5.18. The minimum Gasteiger partial charge on any atom is -0.491 e. The summed E-state index contributed by atoms with van der Waals surface area (Å²) in [6, 6.07) is 10.0. The van der Waals surface area contributed by atoms with Crippen molar-refractivity contribution in [2.75, 3.05) is 6.61 Å². The normalized spacial score (nSPS) is 34.9. The van der Waals surface area contributed by atoms with Gasteiger partial charge < -0.3 is 14.2 Å². The number of ether oxygens (including phenoxy) is 3. The molecule has 0 N–H and O–H groups in total. The lowest BCUT2D eigenvalue weighted by molar-refractivity contribution is -0.143. The van der Waals surface area contributed by atoms with E-state index < -0.39 is 0 Å². The van der Waals surface area contributed by atoms with Crippen LogP contribution in [0, 0.1) is 11.8 Å². The molecule has 19 heavy (non-hydrogen) atoms. The zero-order valence-electron chi connectivity index (χ0n) is 10.3. The van der Waals surface area contributed by atoms with Crippen LogP contribution >= 0.6 is 0 Å². The standard InChI is InChI=1S/C15H14O4/c16-15-13-10(8-18-15)14-12(6-11(13)19-14)17-7-9-4-2-1-3-5-9/h1-6,10-11,13-14H,7-8H2. The Morgan fingerprint density at radius 3 is 2.95 bits per heavy atom. The summed E-state index contributed by atoms with van der Waals surface area (Å²) < 4.78 is 16.7. The lowest BCUT2D eigenvalue weighted by atomic mass is 9.84. The molecule has 3 aliphatic heterocycles. The lowest BCUT2D eigenvalue weighted by Gasteiger charge is -2.19. The highest BCUT2D eigenvalue weighted by Gasteiger charge is 2.58. The number of hydrogen-bond acceptors (Lipinski definition) is 4. The molecule has 4 unspecified atom stereocenters. The van der Waals surface area contributed by atoms with Crippen molar-refractivity contribution < 1.29 is 19.0 Å². The van der Waals surface area contributed by atoms with Crippen molar-refractivity contribution in [2.45, 2.75) is 18.8 Å². The van der Waals surface area contributed by atoms with E-state index in [1.807, 2.05) is 36.4 Å². The molecule has 1 aromatic carbocycles. The molecule has 4 nitrogen and oxygen atoms in total. The summed E-state index contributed by atoms with van der Waals surface area (Å²) in [7, 11) is 0. The fourth-order valence-corrected chi connectivity index (χ4v) is 3.11. The number of hydrogen-bond donors (Lipinski definition) is 0. The highest BCUT2D eigenvalue weighted by Crippen LogP contribution is 2.46. The van der Waals surface area contributed by atoms with Gasteiger partial charge in [0.25, 0.3) is 0 Å². The first-order valence-corrected chi connectivity index (χ1v) is 6.53. The molecule has 0 saturated carbocycles. The van der Waals surface area contributed by atoms with Crippen LogP contribution in [0.3, 0.4) is 0 Å². The molecule has 1 aromatic rings. The molecule has 3 heterocycles. The van der Waals surface area contributed by atoms with Crippen molar-refractivity contribution in [3.05, 3.63) is 47.7 Å². The number of carbonyl (C=O) groups excluding carboxylic acids is 1. The third kappa shape index (κ3) is 1.67. The minimum absolute atomic E-state index is 0.106. The van der Waals surface area contributed by atoms with Crippen molar-refractivity contribution >= 4 is 5.97 Å². The molecular formula is C15H14O4. The third-order valence-corrected chi connectivity index (χ3v) is 4.06. The lowest BCUT2D eigenvalue weighted by Crippen LogP contribution is -2.27. The van der Waals surface area contributed by atoms with Gasteiger partial charge in [-0.1, -0.05) is 30.3 Å². The molecule has 0 radical (unpaired) electrons. The first-order chi connectivity index (χ1) is 9.33. The highest BCUT2D eigenvalue weighted by molar-refractivity contribution is 5.77. The van der Waals surface area contributed by atoms with Crippen LogP contribution in [0.5, 0.6) is 0 Å². The van der Waals surface area contributed by atoms with Gasteiger partial charge in [0.2, 0.25) is 0 Å². The van der Waals surface area contributed by atoms with E-state index in [0.29, 0.717) is 13.2 Å². The molecule has 98 valence electrons. The maximum atomic E-state index is 11.6. The van der Waals surface area contributed by atoms with Crippen molar-refractivity contribution in [3.63, 3.8) is 0 Å². The second-order valence-electron chi connectivity index (χ2n) is 5.18. The molecule has 0 aliphatic carbocycles. The summed E-state index contributed by atoms with van der Waals surface area (Å²) in [6.07, 6.45) is 1.67. The monoisotopic (exact) mass is 258 g/mol. The van der Waals surface area contributed by atoms with Gasteiger partial charge in [0.1, 0.15) is 18.5 Å². The third-order valence-electron chi connectivity index (χ3n) is 4.06. The maximum Gasteiger partial charge on any atom is 0.312 e. The predicted molar refractivity (Wildman–Crippen MR) is 65.9 cm³/mol. The summed E-state index contributed by atoms with van der Waals surface area (Å²) in [5, 5.41) is 0. The van der Waals surface area contributed by atoms with E-state index >= 15 is 0 Å². The predicted octanol–water partition coefficient (Wildman–Crippen LogP) is 1.66. The Kier molecular flexibility index (Phi) is 2.38. The molecule has 3 aliphatic rings. The SMILES string of the molecule is O=C1OCC2C3OC(C=C3OCc3ccccc3)C12. The first-order valence-electron chi connectivity index (χ1n) is 6.53. The van der Waals surface area contributed by atoms with Gasteiger partial charge in [-0.05, 0) is 11.6 Å². The van der Waals surface area contributed by atoms with E-state index in [0.717, 1.165) is 11.3 Å². The van der Waals surface area contributed by atoms with Crippen LogP contribution in [0.25, 0.3) is 0 Å². The molecule has 4 rings (SSSR count). The summed E-state index contributed by atoms with van der Waals surface area (Å²) in [5.74, 6) is 0.742. The van der Waals surface area contributed by atoms with Crippen molar-refractivity contribution in [3.8, 4) is 0 Å². The Morgan fingerprint density at radius 2 is 2.11 bits per heavy atom. The largest absolute Gasteiger partial charge is 0.491 e. The van der Waals surface area contributed by atoms with Crippen molar-refractivity contribution in [2.24, 2.45) is 11.8 Å². The number of esters is 1. The van der Waals surface area contributed by atoms with Gasteiger partial charge in [-0.25, -0.2) is 0 Å². The summed E-state index contributed by atoms with van der Waals surface area (Å²) in [4.78, 5) is 11.6. The zero-order valence-corrected chi connectivity index (χ0v) is 10.3. The Bertz CT molecular complexity index is 536. The van der Waals surface area contributed by atoms with E-state index in [1.54, 1.807) is 0 Å². The van der Waals surface area contributed by atoms with Gasteiger partial charge in [0.05, 0.1) is 18.6 Å². The summed E-state index contributed by atoms with van der Waals surface area (Å²) in [5.41, 5.74) is 1.13. The number of carbonyl (C=O) groups is 1. The average molecular weight is 258 g/mol. The topological polar surface area (TPSA) is 44.8 Å². The number of benzene rings is 1. The zero-order chi connectivity index (χ0) is 12.8. The fourth-order valence-electron chi connectivity index (χ4n) is 3.11. The minimum atomic E-state index is -0.157. The van der Waals surface area contributed by atoms with Crippen LogP contribution in [-0.4, -0.2) is 24.8 Å².